The first-order valence-electron chi connectivity index (χ1n) is 3.96. The van der Waals surface area contributed by atoms with Crippen molar-refractivity contribution in [3.8, 4) is 5.75 Å². The zero-order chi connectivity index (χ0) is 8.55. The van der Waals surface area contributed by atoms with E-state index >= 15 is 0 Å². The zero-order valence-electron chi connectivity index (χ0n) is 6.55. The SMILES string of the molecule is Oc1ccc(C2CNC2)c(F)c1. The largest absolute Gasteiger partial charge is 0.508 e. The second-order valence-corrected chi connectivity index (χ2v) is 3.06. The van der Waals surface area contributed by atoms with Gasteiger partial charge in [-0.15, -0.1) is 0 Å². The molecule has 1 aliphatic heterocycles. The number of nitrogens with one attached hydrogen (secondary N) is 1. The van der Waals surface area contributed by atoms with Crippen molar-refractivity contribution in [1.29, 1.82) is 0 Å². The predicted octanol–water partition coefficient (Wildman–Crippen LogP) is 1.22. The molecule has 2 nitrogen and oxygen atoms in total. The van der Waals surface area contributed by atoms with Gasteiger partial charge in [-0.25, -0.2) is 4.39 Å². The minimum atomic E-state index is -0.304. The molecule has 12 heavy (non-hydrogen) atoms. The van der Waals surface area contributed by atoms with Gasteiger partial charge >= 0.3 is 0 Å². The molecular weight excluding hydrogens is 157 g/mol. The van der Waals surface area contributed by atoms with Gasteiger partial charge in [0.05, 0.1) is 0 Å². The minimum Gasteiger partial charge on any atom is -0.508 e. The number of hydrogen-bond acceptors (Lipinski definition) is 2. The van der Waals surface area contributed by atoms with Crippen molar-refractivity contribution in [3.63, 3.8) is 0 Å². The van der Waals surface area contributed by atoms with E-state index in [2.05, 4.69) is 5.32 Å². The van der Waals surface area contributed by atoms with Crippen LogP contribution in [0.5, 0.6) is 5.75 Å². The third-order valence-corrected chi connectivity index (χ3v) is 2.21. The molecule has 64 valence electrons. The zero-order valence-corrected chi connectivity index (χ0v) is 6.55. The Morgan fingerprint density at radius 1 is 1.42 bits per heavy atom. The van der Waals surface area contributed by atoms with E-state index in [1.54, 1.807) is 6.07 Å². The van der Waals surface area contributed by atoms with E-state index in [1.165, 1.54) is 6.07 Å². The summed E-state index contributed by atoms with van der Waals surface area (Å²) in [5.74, 6) is -0.0318. The van der Waals surface area contributed by atoms with Gasteiger partial charge in [-0.3, -0.25) is 0 Å². The van der Waals surface area contributed by atoms with Crippen LogP contribution in [0.25, 0.3) is 0 Å². The summed E-state index contributed by atoms with van der Waals surface area (Å²) in [5, 5.41) is 12.0. The molecule has 1 aromatic carbocycles. The van der Waals surface area contributed by atoms with E-state index < -0.39 is 0 Å². The third kappa shape index (κ3) is 1.16. The Morgan fingerprint density at radius 3 is 2.67 bits per heavy atom. The van der Waals surface area contributed by atoms with Crippen LogP contribution in [0, 0.1) is 5.82 Å². The van der Waals surface area contributed by atoms with Crippen LogP contribution in [0.4, 0.5) is 4.39 Å². The highest BCUT2D eigenvalue weighted by Crippen LogP contribution is 2.25. The highest BCUT2D eigenvalue weighted by Gasteiger charge is 2.21. The van der Waals surface area contributed by atoms with Crippen LogP contribution in [-0.2, 0) is 0 Å². The lowest BCUT2D eigenvalue weighted by Crippen LogP contribution is -2.40. The minimum absolute atomic E-state index is 0.0106. The molecule has 0 radical (unpaired) electrons. The fourth-order valence-corrected chi connectivity index (χ4v) is 1.36. The fourth-order valence-electron chi connectivity index (χ4n) is 1.36. The van der Waals surface area contributed by atoms with Crippen molar-refractivity contribution in [2.24, 2.45) is 0 Å². The maximum atomic E-state index is 13.1. The van der Waals surface area contributed by atoms with E-state index in [0.717, 1.165) is 19.2 Å². The molecule has 0 unspecified atom stereocenters. The molecule has 1 aromatic rings. The van der Waals surface area contributed by atoms with E-state index in [-0.39, 0.29) is 17.5 Å². The van der Waals surface area contributed by atoms with Crippen molar-refractivity contribution in [3.05, 3.63) is 29.6 Å². The summed E-state index contributed by atoms with van der Waals surface area (Å²) >= 11 is 0. The van der Waals surface area contributed by atoms with Crippen LogP contribution >= 0.6 is 0 Å². The molecule has 0 bridgehead atoms. The van der Waals surface area contributed by atoms with Crippen LogP contribution in [0.3, 0.4) is 0 Å². The second kappa shape index (κ2) is 2.75. The van der Waals surface area contributed by atoms with E-state index in [1.807, 2.05) is 0 Å². The number of rotatable bonds is 1. The molecule has 0 spiro atoms. The number of aromatic hydroxyl groups is 1. The highest BCUT2D eigenvalue weighted by atomic mass is 19.1. The first-order chi connectivity index (χ1) is 5.77. The van der Waals surface area contributed by atoms with Crippen molar-refractivity contribution in [1.82, 2.24) is 5.32 Å². The number of phenolic OH excluding ortho intramolecular Hbond substituents is 1. The third-order valence-electron chi connectivity index (χ3n) is 2.21. The Morgan fingerprint density at radius 2 is 2.17 bits per heavy atom. The standard InChI is InChI=1S/C9H10FNO/c10-9-3-7(12)1-2-8(9)6-4-11-5-6/h1-3,6,11-12H,4-5H2. The summed E-state index contributed by atoms with van der Waals surface area (Å²) in [6.07, 6.45) is 0. The summed E-state index contributed by atoms with van der Waals surface area (Å²) < 4.78 is 13.1. The molecule has 0 amide bonds. The molecule has 1 heterocycles. The summed E-state index contributed by atoms with van der Waals surface area (Å²) in [6, 6.07) is 4.33. The van der Waals surface area contributed by atoms with E-state index in [9.17, 15) is 4.39 Å². The van der Waals surface area contributed by atoms with Gasteiger partial charge in [-0.05, 0) is 11.6 Å². The Bertz CT molecular complexity index is 297. The van der Waals surface area contributed by atoms with Gasteiger partial charge < -0.3 is 10.4 Å². The average Bonchev–Trinajstić information content (AvgIpc) is 1.91. The number of benzene rings is 1. The van der Waals surface area contributed by atoms with Gasteiger partial charge in [0.25, 0.3) is 0 Å². The Labute approximate surface area is 70.0 Å². The van der Waals surface area contributed by atoms with Crippen LogP contribution in [0.1, 0.15) is 11.5 Å². The molecular formula is C9H10FNO. The molecule has 2 N–H and O–H groups in total. The van der Waals surface area contributed by atoms with Crippen molar-refractivity contribution in [2.75, 3.05) is 13.1 Å². The molecule has 0 saturated carbocycles. The van der Waals surface area contributed by atoms with Crippen molar-refractivity contribution >= 4 is 0 Å². The summed E-state index contributed by atoms with van der Waals surface area (Å²) in [5.41, 5.74) is 0.701. The number of hydrogen-bond donors (Lipinski definition) is 2. The second-order valence-electron chi connectivity index (χ2n) is 3.06. The lowest BCUT2D eigenvalue weighted by molar-refractivity contribution is 0.425. The Balaban J connectivity index is 2.31. The molecule has 0 aromatic heterocycles. The number of halogens is 1. The smallest absolute Gasteiger partial charge is 0.130 e. The highest BCUT2D eigenvalue weighted by molar-refractivity contribution is 5.31. The van der Waals surface area contributed by atoms with Gasteiger partial charge in [0, 0.05) is 25.1 Å². The monoisotopic (exact) mass is 167 g/mol. The van der Waals surface area contributed by atoms with Gasteiger partial charge in [0.15, 0.2) is 0 Å². The van der Waals surface area contributed by atoms with Crippen LogP contribution in [-0.4, -0.2) is 18.2 Å². The van der Waals surface area contributed by atoms with Crippen LogP contribution < -0.4 is 5.32 Å². The predicted molar refractivity (Wildman–Crippen MR) is 43.7 cm³/mol. The Hall–Kier alpha value is -1.09. The molecule has 0 aliphatic carbocycles. The van der Waals surface area contributed by atoms with Gasteiger partial charge in [0.1, 0.15) is 11.6 Å². The van der Waals surface area contributed by atoms with Gasteiger partial charge in [-0.2, -0.15) is 0 Å². The maximum absolute atomic E-state index is 13.1. The molecule has 1 fully saturated rings. The fraction of sp³-hybridized carbons (Fsp3) is 0.333. The number of phenols is 1. The first-order valence-corrected chi connectivity index (χ1v) is 3.96. The van der Waals surface area contributed by atoms with Gasteiger partial charge in [0.2, 0.25) is 0 Å². The summed E-state index contributed by atoms with van der Waals surface area (Å²) in [7, 11) is 0. The lowest BCUT2D eigenvalue weighted by atomic mass is 9.93. The van der Waals surface area contributed by atoms with Gasteiger partial charge in [-0.1, -0.05) is 6.07 Å². The molecule has 0 atom stereocenters. The van der Waals surface area contributed by atoms with Crippen molar-refractivity contribution < 1.29 is 9.50 Å². The van der Waals surface area contributed by atoms with Crippen LogP contribution in [0.2, 0.25) is 0 Å². The first kappa shape index (κ1) is 7.55. The van der Waals surface area contributed by atoms with Crippen LogP contribution in [0.15, 0.2) is 18.2 Å². The Kier molecular flexibility index (Phi) is 1.73. The molecule has 1 saturated heterocycles. The molecule has 3 heteroatoms. The average molecular weight is 167 g/mol. The maximum Gasteiger partial charge on any atom is 0.130 e. The van der Waals surface area contributed by atoms with E-state index in [0.29, 0.717) is 5.56 Å². The van der Waals surface area contributed by atoms with E-state index in [4.69, 9.17) is 5.11 Å². The summed E-state index contributed by atoms with van der Waals surface area (Å²) in [4.78, 5) is 0. The molecule has 2 rings (SSSR count). The topological polar surface area (TPSA) is 32.3 Å². The summed E-state index contributed by atoms with van der Waals surface area (Å²) in [6.45, 7) is 1.67. The molecule has 1 aliphatic rings. The van der Waals surface area contributed by atoms with Crippen molar-refractivity contribution in [2.45, 2.75) is 5.92 Å². The normalized spacial score (nSPS) is 17.4. The quantitative estimate of drug-likeness (QED) is 0.659. The lowest BCUT2D eigenvalue weighted by Gasteiger charge is -2.27.